The van der Waals surface area contributed by atoms with Crippen molar-refractivity contribution in [1.82, 2.24) is 15.4 Å². The van der Waals surface area contributed by atoms with Gasteiger partial charge < -0.3 is 9.84 Å². The van der Waals surface area contributed by atoms with E-state index >= 15 is 0 Å². The Hall–Kier alpha value is -2.70. The lowest BCUT2D eigenvalue weighted by molar-refractivity contribution is 0.0987. The minimum atomic E-state index is -0.460. The number of nitrogens with one attached hydrogen (secondary N) is 2. The molecule has 0 aliphatic carbocycles. The summed E-state index contributed by atoms with van der Waals surface area (Å²) < 4.78 is 17.9. The predicted molar refractivity (Wildman–Crippen MR) is 65.2 cm³/mol. The number of aromatic nitrogens is 3. The molecule has 7 heteroatoms. The van der Waals surface area contributed by atoms with Gasteiger partial charge in [-0.05, 0) is 25.1 Å². The van der Waals surface area contributed by atoms with E-state index in [1.165, 1.54) is 24.3 Å². The second-order valence-electron chi connectivity index (χ2n) is 4.05. The number of fused-ring (bicyclic) bond motifs is 1. The molecule has 0 atom stereocenters. The first-order valence-corrected chi connectivity index (χ1v) is 5.52. The van der Waals surface area contributed by atoms with Gasteiger partial charge in [0.15, 0.2) is 5.82 Å². The monoisotopic (exact) mass is 260 g/mol. The maximum atomic E-state index is 13.0. The van der Waals surface area contributed by atoms with Crippen molar-refractivity contribution >= 4 is 22.6 Å². The quantitative estimate of drug-likeness (QED) is 0.740. The lowest BCUT2D eigenvalue weighted by Crippen LogP contribution is -2.11. The van der Waals surface area contributed by atoms with Crippen molar-refractivity contribution in [2.45, 2.75) is 6.92 Å². The van der Waals surface area contributed by atoms with Crippen LogP contribution in [0.15, 0.2) is 28.8 Å². The van der Waals surface area contributed by atoms with Crippen LogP contribution in [0.5, 0.6) is 0 Å². The Kier molecular flexibility index (Phi) is 2.52. The molecular formula is C12H9FN4O2. The summed E-state index contributed by atoms with van der Waals surface area (Å²) in [5.74, 6) is -0.428. The normalized spacial score (nSPS) is 10.8. The molecule has 0 spiro atoms. The molecule has 0 saturated heterocycles. The van der Waals surface area contributed by atoms with Gasteiger partial charge in [0, 0.05) is 11.5 Å². The molecule has 3 aromatic rings. The molecular weight excluding hydrogens is 251 g/mol. The van der Waals surface area contributed by atoms with Crippen molar-refractivity contribution in [3.8, 4) is 0 Å². The van der Waals surface area contributed by atoms with E-state index in [1.807, 2.05) is 0 Å². The van der Waals surface area contributed by atoms with E-state index in [4.69, 9.17) is 4.52 Å². The summed E-state index contributed by atoms with van der Waals surface area (Å²) in [6.45, 7) is 1.72. The van der Waals surface area contributed by atoms with Gasteiger partial charge in [0.2, 0.25) is 5.76 Å². The van der Waals surface area contributed by atoms with Crippen molar-refractivity contribution in [1.29, 1.82) is 0 Å². The van der Waals surface area contributed by atoms with Gasteiger partial charge in [-0.1, -0.05) is 5.16 Å². The predicted octanol–water partition coefficient (Wildman–Crippen LogP) is 2.25. The molecule has 0 radical (unpaired) electrons. The number of aryl methyl sites for hydroxylation is 1. The van der Waals surface area contributed by atoms with Crippen LogP contribution in [0, 0.1) is 12.7 Å². The van der Waals surface area contributed by atoms with Gasteiger partial charge in [-0.25, -0.2) is 4.39 Å². The van der Waals surface area contributed by atoms with E-state index in [0.29, 0.717) is 22.4 Å². The number of halogens is 1. The topological polar surface area (TPSA) is 83.8 Å². The van der Waals surface area contributed by atoms with Gasteiger partial charge in [0.25, 0.3) is 5.91 Å². The first-order chi connectivity index (χ1) is 9.13. The fourth-order valence-electron chi connectivity index (χ4n) is 1.73. The average molecular weight is 260 g/mol. The molecule has 19 heavy (non-hydrogen) atoms. The van der Waals surface area contributed by atoms with Gasteiger partial charge in [0.1, 0.15) is 5.82 Å². The highest BCUT2D eigenvalue weighted by atomic mass is 19.1. The second kappa shape index (κ2) is 4.20. The van der Waals surface area contributed by atoms with E-state index in [1.54, 1.807) is 6.92 Å². The third kappa shape index (κ3) is 2.05. The first-order valence-electron chi connectivity index (χ1n) is 5.52. The van der Waals surface area contributed by atoms with Crippen molar-refractivity contribution in [2.24, 2.45) is 0 Å². The van der Waals surface area contributed by atoms with E-state index in [-0.39, 0.29) is 11.6 Å². The maximum absolute atomic E-state index is 13.0. The fourth-order valence-corrected chi connectivity index (χ4v) is 1.73. The molecule has 2 aromatic heterocycles. The molecule has 2 heterocycles. The van der Waals surface area contributed by atoms with Crippen LogP contribution in [-0.4, -0.2) is 21.3 Å². The van der Waals surface area contributed by atoms with Crippen LogP contribution < -0.4 is 5.32 Å². The molecule has 0 fully saturated rings. The van der Waals surface area contributed by atoms with Crippen LogP contribution in [0.1, 0.15) is 16.2 Å². The summed E-state index contributed by atoms with van der Waals surface area (Å²) in [5, 5.41) is 13.4. The van der Waals surface area contributed by atoms with E-state index in [0.717, 1.165) is 0 Å². The van der Waals surface area contributed by atoms with Crippen LogP contribution in [0.4, 0.5) is 10.2 Å². The number of hydrogen-bond acceptors (Lipinski definition) is 4. The molecule has 3 rings (SSSR count). The number of H-pyrrole nitrogens is 1. The molecule has 2 N–H and O–H groups in total. The second-order valence-corrected chi connectivity index (χ2v) is 4.05. The lowest BCUT2D eigenvalue weighted by atomic mass is 10.2. The summed E-state index contributed by atoms with van der Waals surface area (Å²) in [5.41, 5.74) is 1.11. The number of carbonyl (C=O) groups is 1. The third-order valence-corrected chi connectivity index (χ3v) is 2.61. The van der Waals surface area contributed by atoms with E-state index in [2.05, 4.69) is 20.7 Å². The minimum absolute atomic E-state index is 0.0933. The molecule has 0 bridgehead atoms. The fraction of sp³-hybridized carbons (Fsp3) is 0.0833. The Balaban J connectivity index is 1.91. The Morgan fingerprint density at radius 1 is 1.42 bits per heavy atom. The third-order valence-electron chi connectivity index (χ3n) is 2.61. The number of amides is 1. The van der Waals surface area contributed by atoms with Gasteiger partial charge >= 0.3 is 0 Å². The van der Waals surface area contributed by atoms with Crippen molar-refractivity contribution in [2.75, 3.05) is 5.32 Å². The zero-order valence-electron chi connectivity index (χ0n) is 9.90. The maximum Gasteiger partial charge on any atom is 0.295 e. The molecule has 0 saturated carbocycles. The molecule has 0 aliphatic rings. The number of hydrogen-bond donors (Lipinski definition) is 2. The van der Waals surface area contributed by atoms with Crippen molar-refractivity contribution in [3.63, 3.8) is 0 Å². The van der Waals surface area contributed by atoms with Crippen LogP contribution in [0.25, 0.3) is 10.9 Å². The summed E-state index contributed by atoms with van der Waals surface area (Å²) >= 11 is 0. The van der Waals surface area contributed by atoms with Crippen molar-refractivity contribution in [3.05, 3.63) is 41.5 Å². The summed E-state index contributed by atoms with van der Waals surface area (Å²) in [7, 11) is 0. The van der Waals surface area contributed by atoms with Crippen LogP contribution in [0.2, 0.25) is 0 Å². The standard InChI is InChI=1S/C12H9FN4O2/c1-6-4-10(19-17-6)12(18)14-11-8-3-2-7(13)5-9(8)15-16-11/h2-5H,1H3,(H2,14,15,16,18). The number of aromatic amines is 1. The van der Waals surface area contributed by atoms with Crippen LogP contribution in [0.3, 0.4) is 0 Å². The summed E-state index contributed by atoms with van der Waals surface area (Å²) in [6.07, 6.45) is 0. The number of rotatable bonds is 2. The Morgan fingerprint density at radius 2 is 2.26 bits per heavy atom. The van der Waals surface area contributed by atoms with Gasteiger partial charge in [0.05, 0.1) is 11.2 Å². The number of anilines is 1. The SMILES string of the molecule is Cc1cc(C(=O)Nc2n[nH]c3cc(F)ccc23)on1. The molecule has 6 nitrogen and oxygen atoms in total. The van der Waals surface area contributed by atoms with E-state index in [9.17, 15) is 9.18 Å². The van der Waals surface area contributed by atoms with Crippen molar-refractivity contribution < 1.29 is 13.7 Å². The highest BCUT2D eigenvalue weighted by Crippen LogP contribution is 2.21. The number of carbonyl (C=O) groups excluding carboxylic acids is 1. The molecule has 96 valence electrons. The van der Waals surface area contributed by atoms with E-state index < -0.39 is 5.91 Å². The number of nitrogens with zero attached hydrogens (tertiary/aromatic N) is 2. The molecule has 0 aliphatic heterocycles. The number of benzene rings is 1. The van der Waals surface area contributed by atoms with Crippen LogP contribution >= 0.6 is 0 Å². The van der Waals surface area contributed by atoms with Crippen LogP contribution in [-0.2, 0) is 0 Å². The average Bonchev–Trinajstić information content (AvgIpc) is 2.96. The summed E-state index contributed by atoms with van der Waals surface area (Å²) in [4.78, 5) is 11.9. The highest BCUT2D eigenvalue weighted by molar-refractivity contribution is 6.06. The Morgan fingerprint density at radius 3 is 3.00 bits per heavy atom. The molecule has 0 unspecified atom stereocenters. The summed E-state index contributed by atoms with van der Waals surface area (Å²) in [6, 6.07) is 5.65. The van der Waals surface area contributed by atoms with Gasteiger partial charge in [-0.3, -0.25) is 9.89 Å². The minimum Gasteiger partial charge on any atom is -0.351 e. The Labute approximate surface area is 106 Å². The highest BCUT2D eigenvalue weighted by Gasteiger charge is 2.15. The lowest BCUT2D eigenvalue weighted by Gasteiger charge is -1.98. The molecule has 1 amide bonds. The smallest absolute Gasteiger partial charge is 0.295 e. The first kappa shape index (κ1) is 11.4. The zero-order valence-corrected chi connectivity index (χ0v) is 9.90. The molecule has 1 aromatic carbocycles. The Bertz CT molecular complexity index is 762. The largest absolute Gasteiger partial charge is 0.351 e. The van der Waals surface area contributed by atoms with Gasteiger partial charge in [-0.15, -0.1) is 0 Å². The zero-order chi connectivity index (χ0) is 13.4. The van der Waals surface area contributed by atoms with Gasteiger partial charge in [-0.2, -0.15) is 5.10 Å².